The van der Waals surface area contributed by atoms with Crippen LogP contribution in [0.1, 0.15) is 30.9 Å². The van der Waals surface area contributed by atoms with Crippen LogP contribution in [0.3, 0.4) is 0 Å². The molecule has 3 aromatic rings. The van der Waals surface area contributed by atoms with Gasteiger partial charge in [-0.15, -0.1) is 0 Å². The van der Waals surface area contributed by atoms with Gasteiger partial charge in [0.25, 0.3) is 0 Å². The van der Waals surface area contributed by atoms with Crippen LogP contribution in [0.25, 0.3) is 22.3 Å². The Hall–Kier alpha value is -3.33. The Balaban J connectivity index is 1.78. The maximum Gasteiger partial charge on any atom is 0.387 e. The number of fused-ring (bicyclic) bond motifs is 1. The lowest BCUT2D eigenvalue weighted by Crippen LogP contribution is -2.31. The molecule has 180 valence electrons. The summed E-state index contributed by atoms with van der Waals surface area (Å²) in [6, 6.07) is 9.41. The number of halogens is 4. The van der Waals surface area contributed by atoms with Crippen molar-refractivity contribution in [3.05, 3.63) is 42.1 Å². The molecule has 4 rings (SSSR count). The zero-order chi connectivity index (χ0) is 24.5. The van der Waals surface area contributed by atoms with E-state index < -0.39 is 35.2 Å². The molecule has 34 heavy (non-hydrogen) atoms. The van der Waals surface area contributed by atoms with Crippen LogP contribution in [-0.4, -0.2) is 43.2 Å². The van der Waals surface area contributed by atoms with Crippen LogP contribution >= 0.6 is 0 Å². The van der Waals surface area contributed by atoms with Gasteiger partial charge < -0.3 is 9.30 Å². The molecule has 2 aromatic heterocycles. The monoisotopic (exact) mass is 496 g/mol. The van der Waals surface area contributed by atoms with Gasteiger partial charge >= 0.3 is 6.61 Å². The summed E-state index contributed by atoms with van der Waals surface area (Å²) in [5.74, 6) is -0.0374. The molecule has 7 nitrogen and oxygen atoms in total. The number of pyridine rings is 1. The number of aromatic nitrogens is 2. The molecular weight excluding hydrogens is 476 g/mol. The normalized spacial score (nSPS) is 14.4. The van der Waals surface area contributed by atoms with Gasteiger partial charge in [-0.25, -0.2) is 17.2 Å². The van der Waals surface area contributed by atoms with Gasteiger partial charge in [-0.2, -0.15) is 14.0 Å². The van der Waals surface area contributed by atoms with Gasteiger partial charge in [-0.05, 0) is 43.5 Å². The Morgan fingerprint density at radius 2 is 1.94 bits per heavy atom. The first-order valence-corrected chi connectivity index (χ1v) is 12.0. The second-order valence-corrected chi connectivity index (χ2v) is 9.82. The van der Waals surface area contributed by atoms with E-state index in [4.69, 9.17) is 0 Å². The third-order valence-corrected chi connectivity index (χ3v) is 7.45. The van der Waals surface area contributed by atoms with E-state index in [2.05, 4.69) is 20.5 Å². The Morgan fingerprint density at radius 3 is 2.47 bits per heavy atom. The van der Waals surface area contributed by atoms with Crippen molar-refractivity contribution in [2.24, 2.45) is 0 Å². The minimum absolute atomic E-state index is 0.00748. The van der Waals surface area contributed by atoms with E-state index in [-0.39, 0.29) is 17.5 Å². The Morgan fingerprint density at radius 1 is 1.21 bits per heavy atom. The quantitative estimate of drug-likeness (QED) is 0.423. The number of alkyl halides is 4. The van der Waals surface area contributed by atoms with Gasteiger partial charge in [0, 0.05) is 17.5 Å². The van der Waals surface area contributed by atoms with Crippen molar-refractivity contribution in [3.63, 3.8) is 0 Å². The lowest BCUT2D eigenvalue weighted by molar-refractivity contribution is -0.0497. The van der Waals surface area contributed by atoms with Crippen molar-refractivity contribution in [1.82, 2.24) is 9.55 Å². The second kappa shape index (κ2) is 9.50. The summed E-state index contributed by atoms with van der Waals surface area (Å²) in [6.07, 6.45) is 3.81. The van der Waals surface area contributed by atoms with E-state index in [9.17, 15) is 31.2 Å². The smallest absolute Gasteiger partial charge is 0.387 e. The molecule has 0 amide bonds. The van der Waals surface area contributed by atoms with Crippen molar-refractivity contribution >= 4 is 26.6 Å². The van der Waals surface area contributed by atoms with Crippen molar-refractivity contribution in [2.75, 3.05) is 18.1 Å². The van der Waals surface area contributed by atoms with Crippen LogP contribution in [0.15, 0.2) is 36.5 Å². The molecule has 1 aliphatic rings. The summed E-state index contributed by atoms with van der Waals surface area (Å²) in [6.45, 7) is -5.74. The number of nitrogens with one attached hydrogen (secondary N) is 1. The van der Waals surface area contributed by atoms with Gasteiger partial charge in [-0.1, -0.05) is 0 Å². The first kappa shape index (κ1) is 23.8. The maximum atomic E-state index is 12.8. The number of benzene rings is 1. The fourth-order valence-electron chi connectivity index (χ4n) is 3.90. The predicted octanol–water partition coefficient (Wildman–Crippen LogP) is 4.95. The fourth-order valence-corrected chi connectivity index (χ4v) is 4.85. The summed E-state index contributed by atoms with van der Waals surface area (Å²) in [7, 11) is -4.29. The number of ether oxygens (including phenoxy) is 1. The van der Waals surface area contributed by atoms with Crippen LogP contribution in [0.5, 0.6) is 5.75 Å². The maximum absolute atomic E-state index is 12.8. The highest BCUT2D eigenvalue weighted by atomic mass is 32.2. The number of hydrogen-bond acceptors (Lipinski definition) is 5. The molecule has 0 aliphatic heterocycles. The number of nitrogens with zero attached hydrogens (tertiary/aromatic N) is 3. The van der Waals surface area contributed by atoms with E-state index in [0.717, 1.165) is 19.3 Å². The van der Waals surface area contributed by atoms with Crippen molar-refractivity contribution in [2.45, 2.75) is 37.2 Å². The van der Waals surface area contributed by atoms with Gasteiger partial charge in [0.05, 0.1) is 34.4 Å². The minimum Gasteiger partial charge on any atom is -0.435 e. The predicted molar refractivity (Wildman–Crippen MR) is 118 cm³/mol. The summed E-state index contributed by atoms with van der Waals surface area (Å²) < 4.78 is 83.9. The van der Waals surface area contributed by atoms with E-state index >= 15 is 0 Å². The first-order chi connectivity index (χ1) is 16.3. The van der Waals surface area contributed by atoms with Crippen molar-refractivity contribution < 1.29 is 30.7 Å². The standard InChI is InChI=1S/C22H20F4N4O3S/c23-9-16(10-24)34(31,32)29-13-4-7-19(28-12-13)21-18(11-27)17-6-5-15(33-22(25)26)8-20(17)30(21)14-2-1-3-14/h4-8,12,14,16,22,29H,1-3,9-10H2. The summed E-state index contributed by atoms with van der Waals surface area (Å²) in [5.41, 5.74) is 1.67. The summed E-state index contributed by atoms with van der Waals surface area (Å²) in [5, 5.41) is 8.61. The molecule has 0 spiro atoms. The molecule has 1 aromatic carbocycles. The lowest BCUT2D eigenvalue weighted by atomic mass is 9.92. The Labute approximate surface area is 193 Å². The molecule has 0 saturated heterocycles. The third kappa shape index (κ3) is 4.40. The van der Waals surface area contributed by atoms with Crippen LogP contribution in [0.4, 0.5) is 23.2 Å². The van der Waals surface area contributed by atoms with Crippen molar-refractivity contribution in [1.29, 1.82) is 5.26 Å². The molecule has 0 bridgehead atoms. The summed E-state index contributed by atoms with van der Waals surface area (Å²) >= 11 is 0. The van der Waals surface area contributed by atoms with E-state index in [0.29, 0.717) is 27.9 Å². The highest BCUT2D eigenvalue weighted by Crippen LogP contribution is 2.43. The summed E-state index contributed by atoms with van der Waals surface area (Å²) in [4.78, 5) is 4.28. The average Bonchev–Trinajstić information content (AvgIpc) is 3.06. The van der Waals surface area contributed by atoms with Crippen LogP contribution in [0, 0.1) is 11.3 Å². The van der Waals surface area contributed by atoms with Gasteiger partial charge in [-0.3, -0.25) is 9.71 Å². The number of rotatable bonds is 9. The van der Waals surface area contributed by atoms with Crippen molar-refractivity contribution in [3.8, 4) is 23.2 Å². The van der Waals surface area contributed by atoms with E-state index in [1.807, 2.05) is 4.57 Å². The fraction of sp³-hybridized carbons (Fsp3) is 0.364. The SMILES string of the molecule is N#Cc1c(-c2ccc(NS(=O)(=O)C(CF)CF)cn2)n(C2CCC2)c2cc(OC(F)F)ccc12. The molecule has 1 aliphatic carbocycles. The third-order valence-electron chi connectivity index (χ3n) is 5.80. The van der Waals surface area contributed by atoms with E-state index in [1.54, 1.807) is 6.07 Å². The van der Waals surface area contributed by atoms with Gasteiger partial charge in [0.2, 0.25) is 10.0 Å². The van der Waals surface area contributed by atoms with E-state index in [1.165, 1.54) is 30.5 Å². The zero-order valence-corrected chi connectivity index (χ0v) is 18.5. The lowest BCUT2D eigenvalue weighted by Gasteiger charge is -2.30. The first-order valence-electron chi connectivity index (χ1n) is 10.4. The molecule has 1 saturated carbocycles. The molecular formula is C22H20F4N4O3S. The number of sulfonamides is 1. The Bertz CT molecular complexity index is 1330. The van der Waals surface area contributed by atoms with Gasteiger partial charge in [0.15, 0.2) is 0 Å². The average molecular weight is 496 g/mol. The molecule has 2 heterocycles. The zero-order valence-electron chi connectivity index (χ0n) is 17.7. The molecule has 0 atom stereocenters. The van der Waals surface area contributed by atoms with Crippen LogP contribution < -0.4 is 9.46 Å². The Kier molecular flexibility index (Phi) is 6.65. The minimum atomic E-state index is -4.29. The highest BCUT2D eigenvalue weighted by Gasteiger charge is 2.29. The number of anilines is 1. The molecule has 0 radical (unpaired) electrons. The molecule has 1 N–H and O–H groups in total. The van der Waals surface area contributed by atoms with Gasteiger partial charge in [0.1, 0.15) is 30.4 Å². The largest absolute Gasteiger partial charge is 0.435 e. The topological polar surface area (TPSA) is 97.0 Å². The number of nitriles is 1. The number of hydrogen-bond donors (Lipinski definition) is 1. The second-order valence-electron chi connectivity index (χ2n) is 7.86. The van der Waals surface area contributed by atoms with Crippen LogP contribution in [-0.2, 0) is 10.0 Å². The van der Waals surface area contributed by atoms with Crippen LogP contribution in [0.2, 0.25) is 0 Å². The molecule has 0 unspecified atom stereocenters. The highest BCUT2D eigenvalue weighted by molar-refractivity contribution is 7.93. The molecule has 1 fully saturated rings. The molecule has 12 heteroatoms.